The molecule has 3 saturated heterocycles. The van der Waals surface area contributed by atoms with Crippen molar-refractivity contribution in [1.82, 2.24) is 10.2 Å². The second-order valence-electron chi connectivity index (χ2n) is 10.8. The average molecular weight is 556 g/mol. The van der Waals surface area contributed by atoms with Crippen molar-refractivity contribution < 1.29 is 19.5 Å². The number of thioether (sulfide) groups is 1. The number of hydrogen-bond acceptors (Lipinski definition) is 5. The lowest BCUT2D eigenvalue weighted by atomic mass is 9.66. The van der Waals surface area contributed by atoms with Crippen LogP contribution < -0.4 is 10.6 Å². The Bertz CT molecular complexity index is 1220. The Labute approximate surface area is 232 Å². The zero-order valence-corrected chi connectivity index (χ0v) is 23.3. The molecule has 7 nitrogen and oxygen atoms in total. The number of anilines is 1. The van der Waals surface area contributed by atoms with Crippen molar-refractivity contribution in [1.29, 1.82) is 0 Å². The molecule has 1 spiro atoms. The molecule has 0 radical (unpaired) electrons. The number of unbranched alkanes of at least 4 members (excludes halogenated alkanes) is 1. The summed E-state index contributed by atoms with van der Waals surface area (Å²) in [6.07, 6.45) is 2.55. The molecule has 3 heterocycles. The number of para-hydroxylation sites is 1. The second-order valence-corrected chi connectivity index (χ2v) is 13.1. The van der Waals surface area contributed by atoms with Crippen LogP contribution in [0.25, 0.3) is 0 Å². The largest absolute Gasteiger partial charge is 0.396 e. The maximum Gasteiger partial charge on any atom is 0.248 e. The molecule has 3 fully saturated rings. The van der Waals surface area contributed by atoms with Gasteiger partial charge in [0.15, 0.2) is 0 Å². The Morgan fingerprint density at radius 3 is 2.58 bits per heavy atom. The van der Waals surface area contributed by atoms with Gasteiger partial charge in [-0.05, 0) is 56.7 Å². The van der Waals surface area contributed by atoms with Crippen molar-refractivity contribution in [2.75, 3.05) is 18.5 Å². The van der Waals surface area contributed by atoms with Crippen LogP contribution in [-0.2, 0) is 20.9 Å². The summed E-state index contributed by atoms with van der Waals surface area (Å²) in [5, 5.41) is 15.9. The molecule has 202 valence electrons. The van der Waals surface area contributed by atoms with Crippen molar-refractivity contribution in [3.05, 3.63) is 64.7 Å². The van der Waals surface area contributed by atoms with Crippen LogP contribution in [0, 0.1) is 18.8 Å². The first-order chi connectivity index (χ1) is 18.2. The zero-order valence-electron chi connectivity index (χ0n) is 21.7. The Balaban J connectivity index is 1.46. The van der Waals surface area contributed by atoms with Crippen LogP contribution in [0.3, 0.4) is 0 Å². The number of rotatable bonds is 9. The van der Waals surface area contributed by atoms with Gasteiger partial charge in [0.05, 0.1) is 27.3 Å². The molecule has 2 aromatic rings. The lowest BCUT2D eigenvalue weighted by Gasteiger charge is -2.35. The summed E-state index contributed by atoms with van der Waals surface area (Å²) in [5.41, 5.74) is 2.37. The average Bonchev–Trinajstić information content (AvgIpc) is 3.46. The third-order valence-corrected chi connectivity index (χ3v) is 10.7. The van der Waals surface area contributed by atoms with Crippen LogP contribution in [0.15, 0.2) is 48.5 Å². The number of fused-ring (bicyclic) bond motifs is 1. The number of nitrogens with zero attached hydrogens (tertiary/aromatic N) is 1. The van der Waals surface area contributed by atoms with Gasteiger partial charge in [-0.3, -0.25) is 14.4 Å². The standard InChI is InChI=1S/C29H34ClN3O4S/c1-18-9-8-12-20(30)23(18)32-26(36)24-29-14-13-28(2,38-29)21(22(29)27(37)33(24)15-6-7-16-34)25(35)31-17-19-10-4-3-5-11-19/h3-5,8-12,21-22,24,34H,6-7,13-17H2,1-2H3,(H,31,35)(H,32,36)/t21-,22+,24?,28+,29?/m1/s1. The molecular formula is C29H34ClN3O4S. The van der Waals surface area contributed by atoms with Crippen LogP contribution >= 0.6 is 23.4 Å². The van der Waals surface area contributed by atoms with E-state index >= 15 is 0 Å². The molecule has 3 N–H and O–H groups in total. The number of aryl methyl sites for hydroxylation is 1. The smallest absolute Gasteiger partial charge is 0.248 e. The molecule has 3 aliphatic rings. The third kappa shape index (κ3) is 4.50. The van der Waals surface area contributed by atoms with Crippen molar-refractivity contribution in [3.8, 4) is 0 Å². The van der Waals surface area contributed by atoms with Crippen LogP contribution in [0.4, 0.5) is 5.69 Å². The maximum absolute atomic E-state index is 14.1. The molecular weight excluding hydrogens is 522 g/mol. The minimum absolute atomic E-state index is 0.0175. The van der Waals surface area contributed by atoms with Gasteiger partial charge in [0.25, 0.3) is 0 Å². The minimum atomic E-state index is -0.729. The highest BCUT2D eigenvalue weighted by Crippen LogP contribution is 2.71. The van der Waals surface area contributed by atoms with Crippen molar-refractivity contribution in [3.63, 3.8) is 0 Å². The first kappa shape index (κ1) is 27.0. The summed E-state index contributed by atoms with van der Waals surface area (Å²) in [4.78, 5) is 43.4. The van der Waals surface area contributed by atoms with E-state index in [0.717, 1.165) is 17.5 Å². The van der Waals surface area contributed by atoms with Crippen molar-refractivity contribution >= 4 is 46.8 Å². The van der Waals surface area contributed by atoms with E-state index in [2.05, 4.69) is 17.6 Å². The van der Waals surface area contributed by atoms with Gasteiger partial charge in [0, 0.05) is 24.4 Å². The number of hydrogen-bond donors (Lipinski definition) is 3. The van der Waals surface area contributed by atoms with E-state index < -0.39 is 27.4 Å². The fraction of sp³-hybridized carbons (Fsp3) is 0.483. The topological polar surface area (TPSA) is 98.7 Å². The summed E-state index contributed by atoms with van der Waals surface area (Å²) in [6.45, 7) is 4.71. The summed E-state index contributed by atoms with van der Waals surface area (Å²) < 4.78 is -1.13. The molecule has 9 heteroatoms. The molecule has 0 aromatic heterocycles. The number of amides is 3. The number of aliphatic hydroxyl groups excluding tert-OH is 1. The van der Waals surface area contributed by atoms with E-state index in [1.54, 1.807) is 22.7 Å². The number of likely N-dealkylation sites (tertiary alicyclic amines) is 1. The van der Waals surface area contributed by atoms with Gasteiger partial charge in [0.2, 0.25) is 17.7 Å². The normalized spacial score (nSPS) is 29.4. The molecule has 38 heavy (non-hydrogen) atoms. The van der Waals surface area contributed by atoms with E-state index in [1.807, 2.05) is 49.4 Å². The van der Waals surface area contributed by atoms with Crippen molar-refractivity contribution in [2.45, 2.75) is 61.6 Å². The zero-order chi connectivity index (χ0) is 27.1. The molecule has 5 atom stereocenters. The van der Waals surface area contributed by atoms with Crippen LogP contribution in [0.5, 0.6) is 0 Å². The highest BCUT2D eigenvalue weighted by atomic mass is 35.5. The van der Waals surface area contributed by atoms with Crippen molar-refractivity contribution in [2.24, 2.45) is 11.8 Å². The molecule has 0 aliphatic carbocycles. The highest BCUT2D eigenvalue weighted by Gasteiger charge is 2.77. The first-order valence-electron chi connectivity index (χ1n) is 13.2. The number of carbonyl (C=O) groups excluding carboxylic acids is 3. The lowest BCUT2D eigenvalue weighted by Crippen LogP contribution is -2.52. The number of nitrogens with one attached hydrogen (secondary N) is 2. The van der Waals surface area contributed by atoms with E-state index in [1.165, 1.54) is 0 Å². The van der Waals surface area contributed by atoms with Gasteiger partial charge in [-0.25, -0.2) is 0 Å². The monoisotopic (exact) mass is 555 g/mol. The van der Waals surface area contributed by atoms with Crippen LogP contribution in [-0.4, -0.2) is 56.4 Å². The SMILES string of the molecule is Cc1cccc(Cl)c1NC(=O)C1N(CCCCO)C(=O)[C@@H]2[C@H](C(=O)NCc3ccccc3)[C@]3(C)CCC12S3. The molecule has 2 unspecified atom stereocenters. The quantitative estimate of drug-likeness (QED) is 0.404. The van der Waals surface area contributed by atoms with E-state index in [0.29, 0.717) is 43.1 Å². The molecule has 2 bridgehead atoms. The fourth-order valence-corrected chi connectivity index (χ4v) is 9.26. The Hall–Kier alpha value is -2.55. The predicted molar refractivity (Wildman–Crippen MR) is 150 cm³/mol. The van der Waals surface area contributed by atoms with Gasteiger partial charge >= 0.3 is 0 Å². The molecule has 2 aromatic carbocycles. The third-order valence-electron chi connectivity index (χ3n) is 8.39. The fourth-order valence-electron chi connectivity index (χ4n) is 6.64. The molecule has 3 amide bonds. The Morgan fingerprint density at radius 2 is 1.87 bits per heavy atom. The summed E-state index contributed by atoms with van der Waals surface area (Å²) in [7, 11) is 0. The number of halogens is 1. The van der Waals surface area contributed by atoms with Gasteiger partial charge < -0.3 is 20.6 Å². The summed E-state index contributed by atoms with van der Waals surface area (Å²) in [5.74, 6) is -1.67. The predicted octanol–water partition coefficient (Wildman–Crippen LogP) is 4.16. The highest BCUT2D eigenvalue weighted by molar-refractivity contribution is 8.02. The van der Waals surface area contributed by atoms with Gasteiger partial charge in [-0.15, -0.1) is 11.8 Å². The van der Waals surface area contributed by atoms with Crippen LogP contribution in [0.1, 0.15) is 43.7 Å². The second kappa shape index (κ2) is 10.5. The maximum atomic E-state index is 14.1. The molecule has 5 rings (SSSR count). The number of benzene rings is 2. The van der Waals surface area contributed by atoms with Gasteiger partial charge in [-0.1, -0.05) is 54.1 Å². The Morgan fingerprint density at radius 1 is 1.11 bits per heavy atom. The van der Waals surface area contributed by atoms with E-state index in [-0.39, 0.29) is 24.3 Å². The number of aliphatic hydroxyl groups is 1. The Kier molecular flexibility index (Phi) is 7.50. The molecule has 0 saturated carbocycles. The summed E-state index contributed by atoms with van der Waals surface area (Å²) in [6, 6.07) is 14.4. The van der Waals surface area contributed by atoms with Gasteiger partial charge in [0.1, 0.15) is 6.04 Å². The van der Waals surface area contributed by atoms with Crippen LogP contribution in [0.2, 0.25) is 5.02 Å². The van der Waals surface area contributed by atoms with E-state index in [9.17, 15) is 19.5 Å². The van der Waals surface area contributed by atoms with Gasteiger partial charge in [-0.2, -0.15) is 0 Å². The molecule has 3 aliphatic heterocycles. The lowest BCUT2D eigenvalue weighted by molar-refractivity contribution is -0.140. The minimum Gasteiger partial charge on any atom is -0.396 e. The number of carbonyl (C=O) groups is 3. The summed E-state index contributed by atoms with van der Waals surface area (Å²) >= 11 is 8.07. The van der Waals surface area contributed by atoms with E-state index in [4.69, 9.17) is 11.6 Å². The first-order valence-corrected chi connectivity index (χ1v) is 14.4.